The first-order valence-corrected chi connectivity index (χ1v) is 1.91. The average Bonchev–Trinajstić information content (AvgIpc) is 1.86. The third-order valence-electron chi connectivity index (χ3n) is 0.410. The highest BCUT2D eigenvalue weighted by Gasteiger charge is 1.93. The predicted molar refractivity (Wildman–Crippen MR) is 24.4 cm³/mol. The fourth-order valence-electron chi connectivity index (χ4n) is 0.202. The molecule has 0 amide bonds. The van der Waals surface area contributed by atoms with E-state index >= 15 is 0 Å². The molecule has 0 saturated carbocycles. The highest BCUT2D eigenvalue weighted by Crippen LogP contribution is 1.99. The van der Waals surface area contributed by atoms with E-state index in [2.05, 4.69) is 28.5 Å². The van der Waals surface area contributed by atoms with Gasteiger partial charge in [-0.25, -0.2) is 0 Å². The van der Waals surface area contributed by atoms with Crippen LogP contribution in [0.1, 0.15) is 0 Å². The summed E-state index contributed by atoms with van der Waals surface area (Å²) in [5.74, 6) is 0. The molecule has 0 aromatic carbocycles. The van der Waals surface area contributed by atoms with Crippen molar-refractivity contribution in [2.24, 2.45) is 0 Å². The van der Waals surface area contributed by atoms with Gasteiger partial charge in [0, 0.05) is 0 Å². The second kappa shape index (κ2) is 1.40. The molecule has 1 rings (SSSR count). The van der Waals surface area contributed by atoms with Crippen LogP contribution < -0.4 is 11.0 Å². The van der Waals surface area contributed by atoms with Crippen LogP contribution in [0.3, 0.4) is 0 Å². The summed E-state index contributed by atoms with van der Waals surface area (Å²) in [6, 6.07) is 0. The fraction of sp³-hybridized carbons (Fsp3) is 0. The Bertz CT molecular complexity index is 81.6. The summed E-state index contributed by atoms with van der Waals surface area (Å²) in [5, 5.41) is 0.551. The van der Waals surface area contributed by atoms with Gasteiger partial charge in [0.1, 0.15) is 0 Å². The van der Waals surface area contributed by atoms with E-state index in [0.717, 1.165) is 0 Å². The number of hydrazine groups is 1. The molecule has 1 aliphatic rings. The van der Waals surface area contributed by atoms with Gasteiger partial charge in [0.05, 0.1) is 6.20 Å². The number of hydrogen-bond acceptors (Lipinski definition) is 4. The SMILES string of the molecule is SC1=CNNO1. The van der Waals surface area contributed by atoms with Gasteiger partial charge in [-0.15, -0.1) is 12.6 Å². The summed E-state index contributed by atoms with van der Waals surface area (Å²) < 4.78 is 0. The summed E-state index contributed by atoms with van der Waals surface area (Å²) >= 11 is 3.81. The molecule has 0 fully saturated rings. The number of thiol groups is 1. The second-order valence-corrected chi connectivity index (χ2v) is 1.27. The zero-order valence-electron chi connectivity index (χ0n) is 2.93. The lowest BCUT2D eigenvalue weighted by Gasteiger charge is -1.88. The summed E-state index contributed by atoms with van der Waals surface area (Å²) in [6.07, 6.45) is 1.60. The van der Waals surface area contributed by atoms with Crippen LogP contribution in [0.25, 0.3) is 0 Å². The topological polar surface area (TPSA) is 33.3 Å². The molecule has 0 unspecified atom stereocenters. The maximum absolute atomic E-state index is 4.52. The van der Waals surface area contributed by atoms with Crippen molar-refractivity contribution in [2.75, 3.05) is 0 Å². The van der Waals surface area contributed by atoms with Crippen LogP contribution in [0.2, 0.25) is 0 Å². The molecule has 2 N–H and O–H groups in total. The fourth-order valence-corrected chi connectivity index (χ4v) is 0.313. The van der Waals surface area contributed by atoms with Crippen LogP contribution in [0.4, 0.5) is 0 Å². The molecule has 0 aliphatic carbocycles. The van der Waals surface area contributed by atoms with Gasteiger partial charge in [0.25, 0.3) is 0 Å². The van der Waals surface area contributed by atoms with Crippen molar-refractivity contribution in [1.29, 1.82) is 0 Å². The lowest BCUT2D eigenvalue weighted by Crippen LogP contribution is -2.18. The maximum Gasteiger partial charge on any atom is 0.197 e. The van der Waals surface area contributed by atoms with Gasteiger partial charge in [0.2, 0.25) is 0 Å². The monoisotopic (exact) mass is 104 g/mol. The second-order valence-electron chi connectivity index (χ2n) is 0.831. The van der Waals surface area contributed by atoms with Crippen molar-refractivity contribution in [1.82, 2.24) is 11.0 Å². The summed E-state index contributed by atoms with van der Waals surface area (Å²) in [5.41, 5.74) is 4.91. The summed E-state index contributed by atoms with van der Waals surface area (Å²) in [7, 11) is 0. The first-order chi connectivity index (χ1) is 2.89. The molecule has 4 heteroatoms. The highest BCUT2D eigenvalue weighted by atomic mass is 32.1. The molecule has 0 aromatic rings. The molecular weight excluding hydrogens is 100 g/mol. The molecule has 0 bridgehead atoms. The molecule has 1 aliphatic heterocycles. The molecule has 34 valence electrons. The lowest BCUT2D eigenvalue weighted by atomic mass is 11.0. The van der Waals surface area contributed by atoms with Gasteiger partial charge < -0.3 is 4.84 Å². The van der Waals surface area contributed by atoms with Gasteiger partial charge in [-0.3, -0.25) is 5.43 Å². The molecule has 0 aromatic heterocycles. The first-order valence-electron chi connectivity index (χ1n) is 1.46. The van der Waals surface area contributed by atoms with E-state index in [9.17, 15) is 0 Å². The van der Waals surface area contributed by atoms with Gasteiger partial charge in [-0.05, 0) is 0 Å². The maximum atomic E-state index is 4.52. The number of hydrogen-bond donors (Lipinski definition) is 3. The van der Waals surface area contributed by atoms with Crippen molar-refractivity contribution in [2.45, 2.75) is 0 Å². The minimum absolute atomic E-state index is 0.551. The van der Waals surface area contributed by atoms with Crippen molar-refractivity contribution in [3.63, 3.8) is 0 Å². The van der Waals surface area contributed by atoms with E-state index in [1.54, 1.807) is 6.20 Å². The zero-order valence-corrected chi connectivity index (χ0v) is 3.83. The summed E-state index contributed by atoms with van der Waals surface area (Å²) in [6.45, 7) is 0. The third-order valence-corrected chi connectivity index (χ3v) is 0.631. The van der Waals surface area contributed by atoms with E-state index in [0.29, 0.717) is 5.09 Å². The molecule has 0 atom stereocenters. The van der Waals surface area contributed by atoms with Crippen LogP contribution in [-0.4, -0.2) is 0 Å². The van der Waals surface area contributed by atoms with Crippen LogP contribution in [0, 0.1) is 0 Å². The quantitative estimate of drug-likeness (QED) is 0.371. The Morgan fingerprint density at radius 2 is 2.67 bits per heavy atom. The Labute approximate surface area is 40.7 Å². The van der Waals surface area contributed by atoms with Crippen molar-refractivity contribution in [3.05, 3.63) is 11.3 Å². The van der Waals surface area contributed by atoms with E-state index in [-0.39, 0.29) is 0 Å². The Morgan fingerprint density at radius 1 is 1.83 bits per heavy atom. The smallest absolute Gasteiger partial charge is 0.197 e. The van der Waals surface area contributed by atoms with Crippen LogP contribution in [-0.2, 0) is 4.84 Å². The van der Waals surface area contributed by atoms with Gasteiger partial charge >= 0.3 is 0 Å². The average molecular weight is 104 g/mol. The van der Waals surface area contributed by atoms with Crippen molar-refractivity contribution < 1.29 is 4.84 Å². The minimum Gasteiger partial charge on any atom is -0.381 e. The standard InChI is InChI=1S/C2H4N2OS/c6-2-1-3-4-5-2/h1,3-4,6H. The Hall–Kier alpha value is -0.350. The van der Waals surface area contributed by atoms with E-state index in [1.807, 2.05) is 0 Å². The summed E-state index contributed by atoms with van der Waals surface area (Å²) in [4.78, 5) is 4.52. The number of rotatable bonds is 0. The molecule has 0 spiro atoms. The van der Waals surface area contributed by atoms with Gasteiger partial charge in [0.15, 0.2) is 5.09 Å². The molecule has 1 heterocycles. The number of nitrogens with one attached hydrogen (secondary N) is 2. The Morgan fingerprint density at radius 3 is 2.83 bits per heavy atom. The van der Waals surface area contributed by atoms with Crippen molar-refractivity contribution in [3.8, 4) is 0 Å². The zero-order chi connectivity index (χ0) is 4.41. The molecule has 0 saturated heterocycles. The third kappa shape index (κ3) is 0.580. The molecule has 6 heavy (non-hydrogen) atoms. The molecular formula is C2H4N2OS. The Kier molecular flexibility index (Phi) is 0.894. The van der Waals surface area contributed by atoms with E-state index in [4.69, 9.17) is 0 Å². The van der Waals surface area contributed by atoms with Gasteiger partial charge in [-0.1, -0.05) is 5.59 Å². The highest BCUT2D eigenvalue weighted by molar-refractivity contribution is 7.84. The van der Waals surface area contributed by atoms with Crippen LogP contribution >= 0.6 is 12.6 Å². The predicted octanol–water partition coefficient (Wildman–Crippen LogP) is -0.245. The molecule has 3 nitrogen and oxygen atoms in total. The largest absolute Gasteiger partial charge is 0.381 e. The lowest BCUT2D eigenvalue weighted by molar-refractivity contribution is 0.130. The van der Waals surface area contributed by atoms with E-state index < -0.39 is 0 Å². The molecule has 0 radical (unpaired) electrons. The van der Waals surface area contributed by atoms with E-state index in [1.165, 1.54) is 0 Å². The Balaban J connectivity index is 2.45. The normalized spacial score (nSPS) is 18.5. The van der Waals surface area contributed by atoms with Crippen LogP contribution in [0.15, 0.2) is 11.3 Å². The van der Waals surface area contributed by atoms with Gasteiger partial charge in [-0.2, -0.15) is 0 Å². The van der Waals surface area contributed by atoms with Crippen LogP contribution in [0.5, 0.6) is 0 Å². The first kappa shape index (κ1) is 3.83. The van der Waals surface area contributed by atoms with Crippen molar-refractivity contribution >= 4 is 12.6 Å². The minimum atomic E-state index is 0.551.